The third-order valence-electron chi connectivity index (χ3n) is 2.09. The molecule has 5 heteroatoms. The SMILES string of the molecule is CCCn1nncc1-c1cccc(N)n1. The Balaban J connectivity index is 2.40. The molecule has 0 saturated carbocycles. The molecule has 0 aliphatic rings. The average Bonchev–Trinajstić information content (AvgIpc) is 2.66. The fourth-order valence-electron chi connectivity index (χ4n) is 1.43. The highest BCUT2D eigenvalue weighted by atomic mass is 15.4. The first-order valence-electron chi connectivity index (χ1n) is 4.92. The van der Waals surface area contributed by atoms with Crippen LogP contribution in [0.3, 0.4) is 0 Å². The van der Waals surface area contributed by atoms with Crippen molar-refractivity contribution in [2.24, 2.45) is 0 Å². The van der Waals surface area contributed by atoms with Crippen molar-refractivity contribution in [2.75, 3.05) is 5.73 Å². The molecule has 5 nitrogen and oxygen atoms in total. The van der Waals surface area contributed by atoms with E-state index in [1.165, 1.54) is 0 Å². The molecule has 0 radical (unpaired) electrons. The fourth-order valence-corrected chi connectivity index (χ4v) is 1.43. The van der Waals surface area contributed by atoms with Gasteiger partial charge in [-0.05, 0) is 18.6 Å². The minimum absolute atomic E-state index is 0.511. The minimum Gasteiger partial charge on any atom is -0.384 e. The Morgan fingerprint density at radius 2 is 2.27 bits per heavy atom. The Morgan fingerprint density at radius 1 is 1.40 bits per heavy atom. The second kappa shape index (κ2) is 4.08. The standard InChI is InChI=1S/C10H13N5/c1-2-6-15-9(7-12-14-15)8-4-3-5-10(11)13-8/h3-5,7H,2,6H2,1H3,(H2,11,13). The van der Waals surface area contributed by atoms with E-state index < -0.39 is 0 Å². The number of nitrogens with zero attached hydrogens (tertiary/aromatic N) is 4. The summed E-state index contributed by atoms with van der Waals surface area (Å²) in [6, 6.07) is 5.54. The van der Waals surface area contributed by atoms with E-state index in [4.69, 9.17) is 5.73 Å². The number of aromatic nitrogens is 4. The van der Waals surface area contributed by atoms with Crippen LogP contribution in [0.15, 0.2) is 24.4 Å². The molecule has 0 spiro atoms. The lowest BCUT2D eigenvalue weighted by Crippen LogP contribution is -2.03. The van der Waals surface area contributed by atoms with Gasteiger partial charge in [0.05, 0.1) is 11.9 Å². The van der Waals surface area contributed by atoms with Crippen LogP contribution in [0.4, 0.5) is 5.82 Å². The van der Waals surface area contributed by atoms with Gasteiger partial charge in [0.25, 0.3) is 0 Å². The maximum Gasteiger partial charge on any atom is 0.124 e. The molecule has 2 heterocycles. The molecule has 0 bridgehead atoms. The highest BCUT2D eigenvalue weighted by molar-refractivity contribution is 5.55. The third-order valence-corrected chi connectivity index (χ3v) is 2.09. The monoisotopic (exact) mass is 203 g/mol. The molecule has 78 valence electrons. The molecule has 0 fully saturated rings. The van der Waals surface area contributed by atoms with Crippen molar-refractivity contribution < 1.29 is 0 Å². The summed E-state index contributed by atoms with van der Waals surface area (Å²) in [7, 11) is 0. The first kappa shape index (κ1) is 9.64. The van der Waals surface area contributed by atoms with Gasteiger partial charge in [-0.25, -0.2) is 9.67 Å². The fraction of sp³-hybridized carbons (Fsp3) is 0.300. The molecule has 0 aliphatic heterocycles. The van der Waals surface area contributed by atoms with Crippen LogP contribution in [0.25, 0.3) is 11.4 Å². The number of anilines is 1. The Labute approximate surface area is 87.9 Å². The van der Waals surface area contributed by atoms with E-state index in [0.717, 1.165) is 24.4 Å². The molecule has 0 amide bonds. The minimum atomic E-state index is 0.511. The zero-order valence-corrected chi connectivity index (χ0v) is 8.59. The zero-order chi connectivity index (χ0) is 10.7. The molecular weight excluding hydrogens is 190 g/mol. The summed E-state index contributed by atoms with van der Waals surface area (Å²) in [5, 5.41) is 7.88. The highest BCUT2D eigenvalue weighted by Crippen LogP contribution is 2.16. The van der Waals surface area contributed by atoms with Gasteiger partial charge in [0, 0.05) is 6.54 Å². The summed E-state index contributed by atoms with van der Waals surface area (Å²) in [6.45, 7) is 2.93. The molecule has 0 saturated heterocycles. The first-order chi connectivity index (χ1) is 7.31. The highest BCUT2D eigenvalue weighted by Gasteiger charge is 2.06. The lowest BCUT2D eigenvalue weighted by molar-refractivity contribution is 0.583. The lowest BCUT2D eigenvalue weighted by Gasteiger charge is -2.03. The van der Waals surface area contributed by atoms with E-state index in [-0.39, 0.29) is 0 Å². The lowest BCUT2D eigenvalue weighted by atomic mass is 10.3. The maximum absolute atomic E-state index is 5.63. The van der Waals surface area contributed by atoms with Gasteiger partial charge in [-0.2, -0.15) is 0 Å². The van der Waals surface area contributed by atoms with E-state index in [1.807, 2.05) is 16.8 Å². The largest absolute Gasteiger partial charge is 0.384 e. The predicted molar refractivity (Wildman–Crippen MR) is 58.0 cm³/mol. The topological polar surface area (TPSA) is 69.6 Å². The number of aryl methyl sites for hydroxylation is 1. The van der Waals surface area contributed by atoms with Crippen molar-refractivity contribution in [1.82, 2.24) is 20.0 Å². The smallest absolute Gasteiger partial charge is 0.124 e. The van der Waals surface area contributed by atoms with Crippen molar-refractivity contribution in [1.29, 1.82) is 0 Å². The van der Waals surface area contributed by atoms with E-state index in [1.54, 1.807) is 12.3 Å². The van der Waals surface area contributed by atoms with Gasteiger partial charge in [0.15, 0.2) is 0 Å². The van der Waals surface area contributed by atoms with E-state index in [0.29, 0.717) is 5.82 Å². The molecule has 2 aromatic heterocycles. The van der Waals surface area contributed by atoms with Crippen LogP contribution in [0.5, 0.6) is 0 Å². The second-order valence-corrected chi connectivity index (χ2v) is 3.29. The third kappa shape index (κ3) is 1.96. The van der Waals surface area contributed by atoms with Gasteiger partial charge in [0.2, 0.25) is 0 Å². The van der Waals surface area contributed by atoms with Crippen LogP contribution < -0.4 is 5.73 Å². The van der Waals surface area contributed by atoms with Crippen molar-refractivity contribution >= 4 is 5.82 Å². The quantitative estimate of drug-likeness (QED) is 0.817. The van der Waals surface area contributed by atoms with Gasteiger partial charge < -0.3 is 5.73 Å². The van der Waals surface area contributed by atoms with E-state index >= 15 is 0 Å². The first-order valence-corrected chi connectivity index (χ1v) is 4.92. The van der Waals surface area contributed by atoms with Crippen LogP contribution in [-0.4, -0.2) is 20.0 Å². The number of rotatable bonds is 3. The summed E-state index contributed by atoms with van der Waals surface area (Å²) < 4.78 is 1.84. The van der Waals surface area contributed by atoms with Crippen molar-refractivity contribution in [3.05, 3.63) is 24.4 Å². The van der Waals surface area contributed by atoms with Gasteiger partial charge >= 0.3 is 0 Å². The number of nitrogens with two attached hydrogens (primary N) is 1. The van der Waals surface area contributed by atoms with Gasteiger partial charge in [0.1, 0.15) is 11.5 Å². The summed E-state index contributed by atoms with van der Waals surface area (Å²) in [6.07, 6.45) is 2.72. The van der Waals surface area contributed by atoms with Crippen LogP contribution in [0.2, 0.25) is 0 Å². The van der Waals surface area contributed by atoms with Gasteiger partial charge in [-0.1, -0.05) is 18.2 Å². The summed E-state index contributed by atoms with van der Waals surface area (Å²) in [5.74, 6) is 0.511. The molecule has 2 rings (SSSR count). The van der Waals surface area contributed by atoms with Crippen molar-refractivity contribution in [2.45, 2.75) is 19.9 Å². The molecule has 0 unspecified atom stereocenters. The number of pyridine rings is 1. The van der Waals surface area contributed by atoms with Crippen LogP contribution >= 0.6 is 0 Å². The van der Waals surface area contributed by atoms with Crippen molar-refractivity contribution in [3.63, 3.8) is 0 Å². The molecule has 15 heavy (non-hydrogen) atoms. The number of hydrogen-bond acceptors (Lipinski definition) is 4. The van der Waals surface area contributed by atoms with Crippen LogP contribution in [-0.2, 0) is 6.54 Å². The predicted octanol–water partition coefficient (Wildman–Crippen LogP) is 1.33. The average molecular weight is 203 g/mol. The Hall–Kier alpha value is -1.91. The molecule has 0 aliphatic carbocycles. The van der Waals surface area contributed by atoms with Crippen LogP contribution in [0, 0.1) is 0 Å². The van der Waals surface area contributed by atoms with E-state index in [9.17, 15) is 0 Å². The van der Waals surface area contributed by atoms with Crippen molar-refractivity contribution in [3.8, 4) is 11.4 Å². The molecule has 0 atom stereocenters. The molecule has 0 aromatic carbocycles. The summed E-state index contributed by atoms with van der Waals surface area (Å²) in [5.41, 5.74) is 7.35. The number of nitrogen functional groups attached to an aromatic ring is 1. The maximum atomic E-state index is 5.63. The van der Waals surface area contributed by atoms with E-state index in [2.05, 4.69) is 22.2 Å². The number of hydrogen-bond donors (Lipinski definition) is 1. The Morgan fingerprint density at radius 3 is 3.00 bits per heavy atom. The normalized spacial score (nSPS) is 10.5. The van der Waals surface area contributed by atoms with Gasteiger partial charge in [-0.15, -0.1) is 5.10 Å². The van der Waals surface area contributed by atoms with Crippen LogP contribution in [0.1, 0.15) is 13.3 Å². The second-order valence-electron chi connectivity index (χ2n) is 3.29. The Bertz CT molecular complexity index is 449. The molecule has 2 N–H and O–H groups in total. The molecule has 2 aromatic rings. The summed E-state index contributed by atoms with van der Waals surface area (Å²) >= 11 is 0. The molecular formula is C10H13N5. The van der Waals surface area contributed by atoms with Gasteiger partial charge in [-0.3, -0.25) is 0 Å². The summed E-state index contributed by atoms with van der Waals surface area (Å²) in [4.78, 5) is 4.24. The zero-order valence-electron chi connectivity index (χ0n) is 8.59. The Kier molecular flexibility index (Phi) is 2.62.